The third-order valence-electron chi connectivity index (χ3n) is 3.07. The van der Waals surface area contributed by atoms with E-state index in [1.54, 1.807) is 18.5 Å². The number of likely N-dealkylation sites (N-methyl/N-ethyl adjacent to an activating group) is 1. The van der Waals surface area contributed by atoms with Crippen molar-refractivity contribution in [3.05, 3.63) is 28.1 Å². The van der Waals surface area contributed by atoms with E-state index in [-0.39, 0.29) is 36.0 Å². The molecule has 106 valence electrons. The van der Waals surface area contributed by atoms with Gasteiger partial charge in [-0.3, -0.25) is 14.9 Å². The van der Waals surface area contributed by atoms with Gasteiger partial charge in [-0.05, 0) is 20.8 Å². The Morgan fingerprint density at radius 2 is 2.11 bits per heavy atom. The lowest BCUT2D eigenvalue weighted by Crippen LogP contribution is -2.38. The summed E-state index contributed by atoms with van der Waals surface area (Å²) in [6.45, 7) is 5.23. The van der Waals surface area contributed by atoms with Crippen molar-refractivity contribution < 1.29 is 14.8 Å². The molecule has 1 heterocycles. The molecular formula is C12H19N3O4. The van der Waals surface area contributed by atoms with E-state index in [9.17, 15) is 14.9 Å². The van der Waals surface area contributed by atoms with E-state index >= 15 is 0 Å². The summed E-state index contributed by atoms with van der Waals surface area (Å²) >= 11 is 0. The molecule has 0 fully saturated rings. The quantitative estimate of drug-likeness (QED) is 0.647. The van der Waals surface area contributed by atoms with E-state index in [0.29, 0.717) is 0 Å². The molecule has 0 aliphatic carbocycles. The van der Waals surface area contributed by atoms with Gasteiger partial charge in [0.1, 0.15) is 5.69 Å². The van der Waals surface area contributed by atoms with Gasteiger partial charge in [-0.25, -0.2) is 0 Å². The highest BCUT2D eigenvalue weighted by molar-refractivity contribution is 5.93. The smallest absolute Gasteiger partial charge is 0.287 e. The Morgan fingerprint density at radius 3 is 2.53 bits per heavy atom. The van der Waals surface area contributed by atoms with Crippen LogP contribution in [0.4, 0.5) is 5.69 Å². The highest BCUT2D eigenvalue weighted by Gasteiger charge is 2.25. The van der Waals surface area contributed by atoms with E-state index in [0.717, 1.165) is 0 Å². The van der Waals surface area contributed by atoms with Gasteiger partial charge in [-0.2, -0.15) is 0 Å². The summed E-state index contributed by atoms with van der Waals surface area (Å²) in [5, 5.41) is 19.9. The van der Waals surface area contributed by atoms with Crippen LogP contribution in [-0.4, -0.2) is 45.1 Å². The van der Waals surface area contributed by atoms with Crippen molar-refractivity contribution in [2.24, 2.45) is 0 Å². The number of carbonyl (C=O) groups excluding carboxylic acids is 1. The second-order valence-corrected chi connectivity index (χ2v) is 4.79. The predicted molar refractivity (Wildman–Crippen MR) is 70.1 cm³/mol. The van der Waals surface area contributed by atoms with Crippen molar-refractivity contribution >= 4 is 11.6 Å². The fourth-order valence-electron chi connectivity index (χ4n) is 1.67. The van der Waals surface area contributed by atoms with Crippen molar-refractivity contribution in [1.82, 2.24) is 9.47 Å². The molecule has 0 bridgehead atoms. The third kappa shape index (κ3) is 3.11. The van der Waals surface area contributed by atoms with Gasteiger partial charge >= 0.3 is 0 Å². The summed E-state index contributed by atoms with van der Waals surface area (Å²) in [5.41, 5.74) is 0.145. The molecule has 0 aliphatic rings. The lowest BCUT2D eigenvalue weighted by Gasteiger charge is -2.24. The molecule has 1 aromatic rings. The summed E-state index contributed by atoms with van der Waals surface area (Å²) in [6, 6.07) is 0.857. The van der Waals surface area contributed by atoms with Gasteiger partial charge in [-0.15, -0.1) is 0 Å². The SMILES string of the molecule is CC(CO)N(C)C(=O)c1cc([N+](=O)[O-])cn1C(C)C. The molecule has 0 spiro atoms. The topological polar surface area (TPSA) is 88.6 Å². The highest BCUT2D eigenvalue weighted by Crippen LogP contribution is 2.22. The van der Waals surface area contributed by atoms with Crippen LogP contribution in [0, 0.1) is 10.1 Å². The molecule has 0 saturated carbocycles. The normalized spacial score (nSPS) is 12.5. The molecule has 1 N–H and O–H groups in total. The first-order valence-corrected chi connectivity index (χ1v) is 6.03. The largest absolute Gasteiger partial charge is 0.394 e. The summed E-state index contributed by atoms with van der Waals surface area (Å²) < 4.78 is 1.57. The third-order valence-corrected chi connectivity index (χ3v) is 3.07. The van der Waals surface area contributed by atoms with Crippen molar-refractivity contribution in [3.63, 3.8) is 0 Å². The predicted octanol–water partition coefficient (Wildman–Crippen LogP) is 1.43. The van der Waals surface area contributed by atoms with Crippen LogP contribution in [0.1, 0.15) is 37.3 Å². The van der Waals surface area contributed by atoms with Gasteiger partial charge < -0.3 is 14.6 Å². The first-order chi connectivity index (χ1) is 8.79. The van der Waals surface area contributed by atoms with Crippen molar-refractivity contribution in [2.45, 2.75) is 32.9 Å². The monoisotopic (exact) mass is 269 g/mol. The summed E-state index contributed by atoms with van der Waals surface area (Å²) in [6.07, 6.45) is 1.36. The zero-order chi connectivity index (χ0) is 14.7. The number of rotatable bonds is 5. The Labute approximate surface area is 111 Å². The molecular weight excluding hydrogens is 250 g/mol. The van der Waals surface area contributed by atoms with Crippen LogP contribution in [0.15, 0.2) is 12.3 Å². The average Bonchev–Trinajstić information content (AvgIpc) is 2.81. The summed E-state index contributed by atoms with van der Waals surface area (Å²) in [7, 11) is 1.56. The van der Waals surface area contributed by atoms with E-state index in [2.05, 4.69) is 0 Å². The molecule has 19 heavy (non-hydrogen) atoms. The number of nitro groups is 1. The van der Waals surface area contributed by atoms with Gasteiger partial charge in [0.25, 0.3) is 11.6 Å². The first-order valence-electron chi connectivity index (χ1n) is 6.03. The Bertz CT molecular complexity index is 481. The Balaban J connectivity index is 3.18. The molecule has 7 heteroatoms. The van der Waals surface area contributed by atoms with Crippen LogP contribution in [0.25, 0.3) is 0 Å². The number of hydrogen-bond donors (Lipinski definition) is 1. The van der Waals surface area contributed by atoms with Crippen LogP contribution >= 0.6 is 0 Å². The zero-order valence-electron chi connectivity index (χ0n) is 11.5. The summed E-state index contributed by atoms with van der Waals surface area (Å²) in [5.74, 6) is -0.344. The maximum Gasteiger partial charge on any atom is 0.287 e. The van der Waals surface area contributed by atoms with Crippen molar-refractivity contribution in [2.75, 3.05) is 13.7 Å². The molecule has 1 unspecified atom stereocenters. The first kappa shape index (κ1) is 15.2. The Kier molecular flexibility index (Phi) is 4.66. The molecule has 1 rings (SSSR count). The number of aliphatic hydroxyl groups excluding tert-OH is 1. The number of nitrogens with zero attached hydrogens (tertiary/aromatic N) is 3. The number of aliphatic hydroxyl groups is 1. The standard InChI is InChI=1S/C12H19N3O4/c1-8(2)14-6-10(15(18)19)5-11(14)12(17)13(4)9(3)7-16/h5-6,8-9,16H,7H2,1-4H3. The maximum atomic E-state index is 12.3. The van der Waals surface area contributed by atoms with Crippen molar-refractivity contribution in [3.8, 4) is 0 Å². The Morgan fingerprint density at radius 1 is 1.53 bits per heavy atom. The van der Waals surface area contributed by atoms with E-state index in [4.69, 9.17) is 5.11 Å². The average molecular weight is 269 g/mol. The number of amides is 1. The minimum absolute atomic E-state index is 0.0644. The highest BCUT2D eigenvalue weighted by atomic mass is 16.6. The number of aromatic nitrogens is 1. The van der Waals surface area contributed by atoms with Crippen LogP contribution in [0.3, 0.4) is 0 Å². The van der Waals surface area contributed by atoms with Gasteiger partial charge in [0.15, 0.2) is 0 Å². The minimum atomic E-state index is -0.523. The van der Waals surface area contributed by atoms with Crippen LogP contribution in [0.5, 0.6) is 0 Å². The van der Waals surface area contributed by atoms with Gasteiger partial charge in [0, 0.05) is 19.2 Å². The van der Waals surface area contributed by atoms with Gasteiger partial charge in [0.05, 0.1) is 23.8 Å². The maximum absolute atomic E-state index is 12.3. The molecule has 0 radical (unpaired) electrons. The lowest BCUT2D eigenvalue weighted by molar-refractivity contribution is -0.384. The van der Waals surface area contributed by atoms with E-state index in [1.165, 1.54) is 17.2 Å². The minimum Gasteiger partial charge on any atom is -0.394 e. The lowest BCUT2D eigenvalue weighted by atomic mass is 10.2. The van der Waals surface area contributed by atoms with E-state index < -0.39 is 4.92 Å². The Hall–Kier alpha value is -1.89. The molecule has 0 aromatic carbocycles. The molecule has 1 amide bonds. The molecule has 1 atom stereocenters. The zero-order valence-corrected chi connectivity index (χ0v) is 11.5. The fraction of sp³-hybridized carbons (Fsp3) is 0.583. The molecule has 0 aliphatic heterocycles. The number of carbonyl (C=O) groups is 1. The van der Waals surface area contributed by atoms with Gasteiger partial charge in [0.2, 0.25) is 0 Å². The molecule has 7 nitrogen and oxygen atoms in total. The van der Waals surface area contributed by atoms with Crippen LogP contribution < -0.4 is 0 Å². The second-order valence-electron chi connectivity index (χ2n) is 4.79. The molecule has 0 saturated heterocycles. The number of hydrogen-bond acceptors (Lipinski definition) is 4. The van der Waals surface area contributed by atoms with Crippen LogP contribution in [0.2, 0.25) is 0 Å². The second kappa shape index (κ2) is 5.83. The van der Waals surface area contributed by atoms with Crippen molar-refractivity contribution in [1.29, 1.82) is 0 Å². The van der Waals surface area contributed by atoms with E-state index in [1.807, 2.05) is 13.8 Å². The van der Waals surface area contributed by atoms with Gasteiger partial charge in [-0.1, -0.05) is 0 Å². The molecule has 1 aromatic heterocycles. The summed E-state index contributed by atoms with van der Waals surface area (Å²) in [4.78, 5) is 23.9. The fourth-order valence-corrected chi connectivity index (χ4v) is 1.67. The van der Waals surface area contributed by atoms with Crippen LogP contribution in [-0.2, 0) is 0 Å².